The standard InChI is InChI=1S/C9H6Cl2OS/c10-6-1-2-7-8(9(6)11)5(3-12)4-13-7/h1-2,4,12H,3H2. The molecule has 0 aliphatic heterocycles. The van der Waals surface area contributed by atoms with Crippen molar-refractivity contribution in [2.75, 3.05) is 0 Å². The van der Waals surface area contributed by atoms with Gasteiger partial charge in [-0.2, -0.15) is 0 Å². The van der Waals surface area contributed by atoms with Crippen LogP contribution in [0.5, 0.6) is 0 Å². The van der Waals surface area contributed by atoms with Gasteiger partial charge in [0.15, 0.2) is 0 Å². The average Bonchev–Trinajstić information content (AvgIpc) is 2.55. The highest BCUT2D eigenvalue weighted by atomic mass is 35.5. The second-order valence-electron chi connectivity index (χ2n) is 2.65. The molecule has 68 valence electrons. The molecule has 0 amide bonds. The van der Waals surface area contributed by atoms with Gasteiger partial charge in [0.2, 0.25) is 0 Å². The quantitative estimate of drug-likeness (QED) is 0.796. The van der Waals surface area contributed by atoms with Crippen LogP contribution >= 0.6 is 34.5 Å². The number of rotatable bonds is 1. The Kier molecular flexibility index (Phi) is 2.47. The van der Waals surface area contributed by atoms with Gasteiger partial charge >= 0.3 is 0 Å². The Balaban J connectivity index is 2.85. The van der Waals surface area contributed by atoms with Crippen molar-refractivity contribution in [3.63, 3.8) is 0 Å². The van der Waals surface area contributed by atoms with Crippen molar-refractivity contribution < 1.29 is 5.11 Å². The topological polar surface area (TPSA) is 20.2 Å². The summed E-state index contributed by atoms with van der Waals surface area (Å²) in [7, 11) is 0. The molecule has 0 atom stereocenters. The molecule has 0 radical (unpaired) electrons. The summed E-state index contributed by atoms with van der Waals surface area (Å²) >= 11 is 13.4. The Bertz CT molecular complexity index is 450. The summed E-state index contributed by atoms with van der Waals surface area (Å²) in [6.07, 6.45) is 0. The van der Waals surface area contributed by atoms with Gasteiger partial charge in [-0.15, -0.1) is 11.3 Å². The molecule has 0 aliphatic carbocycles. The molecule has 2 aromatic rings. The zero-order valence-electron chi connectivity index (χ0n) is 6.55. The smallest absolute Gasteiger partial charge is 0.0696 e. The monoisotopic (exact) mass is 232 g/mol. The molecule has 0 spiro atoms. The van der Waals surface area contributed by atoms with E-state index in [-0.39, 0.29) is 6.61 Å². The summed E-state index contributed by atoms with van der Waals surface area (Å²) in [5, 5.41) is 12.9. The van der Waals surface area contributed by atoms with Crippen molar-refractivity contribution in [2.45, 2.75) is 6.61 Å². The molecule has 0 saturated heterocycles. The predicted octanol–water partition coefficient (Wildman–Crippen LogP) is 3.70. The first-order valence-corrected chi connectivity index (χ1v) is 5.32. The van der Waals surface area contributed by atoms with Gasteiger partial charge in [-0.1, -0.05) is 23.2 Å². The molecule has 13 heavy (non-hydrogen) atoms. The molecular weight excluding hydrogens is 227 g/mol. The largest absolute Gasteiger partial charge is 0.392 e. The maximum absolute atomic E-state index is 9.04. The Morgan fingerprint density at radius 3 is 2.77 bits per heavy atom. The Morgan fingerprint density at radius 2 is 2.08 bits per heavy atom. The van der Waals surface area contributed by atoms with Crippen LogP contribution in [0, 0.1) is 0 Å². The van der Waals surface area contributed by atoms with Crippen molar-refractivity contribution in [2.24, 2.45) is 0 Å². The number of hydrogen-bond donors (Lipinski definition) is 1. The summed E-state index contributed by atoms with van der Waals surface area (Å²) in [4.78, 5) is 0. The van der Waals surface area contributed by atoms with Crippen LogP contribution in [0.15, 0.2) is 17.5 Å². The predicted molar refractivity (Wildman–Crippen MR) is 57.8 cm³/mol. The first kappa shape index (κ1) is 9.28. The summed E-state index contributed by atoms with van der Waals surface area (Å²) in [5.74, 6) is 0. The van der Waals surface area contributed by atoms with Gasteiger partial charge in [-0.05, 0) is 23.1 Å². The Labute approximate surface area is 89.5 Å². The molecule has 1 heterocycles. The highest BCUT2D eigenvalue weighted by molar-refractivity contribution is 7.17. The molecule has 0 unspecified atom stereocenters. The van der Waals surface area contributed by atoms with Gasteiger partial charge in [-0.25, -0.2) is 0 Å². The van der Waals surface area contributed by atoms with Crippen LogP contribution in [0.4, 0.5) is 0 Å². The third-order valence-electron chi connectivity index (χ3n) is 1.88. The van der Waals surface area contributed by atoms with Gasteiger partial charge < -0.3 is 5.11 Å². The fourth-order valence-electron chi connectivity index (χ4n) is 1.24. The molecule has 1 aromatic heterocycles. The number of benzene rings is 1. The molecule has 4 heteroatoms. The molecule has 0 aliphatic rings. The van der Waals surface area contributed by atoms with Crippen LogP contribution in [0.2, 0.25) is 10.0 Å². The first-order valence-electron chi connectivity index (χ1n) is 3.69. The third kappa shape index (κ3) is 1.44. The van der Waals surface area contributed by atoms with Crippen LogP contribution in [-0.4, -0.2) is 5.11 Å². The number of thiophene rings is 1. The fourth-order valence-corrected chi connectivity index (χ4v) is 2.70. The fraction of sp³-hybridized carbons (Fsp3) is 0.111. The minimum Gasteiger partial charge on any atom is -0.392 e. The summed E-state index contributed by atoms with van der Waals surface area (Å²) in [6, 6.07) is 3.68. The van der Waals surface area contributed by atoms with Crippen molar-refractivity contribution in [1.29, 1.82) is 0 Å². The van der Waals surface area contributed by atoms with Crippen molar-refractivity contribution in [1.82, 2.24) is 0 Å². The first-order chi connectivity index (χ1) is 6.24. The lowest BCUT2D eigenvalue weighted by Crippen LogP contribution is -1.80. The molecule has 1 aromatic carbocycles. The van der Waals surface area contributed by atoms with E-state index in [4.69, 9.17) is 28.3 Å². The molecule has 0 bridgehead atoms. The lowest BCUT2D eigenvalue weighted by atomic mass is 10.2. The minimum atomic E-state index is 0.0000617. The zero-order valence-corrected chi connectivity index (χ0v) is 8.88. The molecule has 2 rings (SSSR count). The van der Waals surface area contributed by atoms with Crippen LogP contribution in [0.1, 0.15) is 5.56 Å². The normalized spacial score (nSPS) is 11.0. The number of hydrogen-bond acceptors (Lipinski definition) is 2. The van der Waals surface area contributed by atoms with Crippen molar-refractivity contribution in [3.8, 4) is 0 Å². The molecule has 1 N–H and O–H groups in total. The van der Waals surface area contributed by atoms with Crippen LogP contribution in [0.25, 0.3) is 10.1 Å². The molecule has 1 nitrogen and oxygen atoms in total. The van der Waals surface area contributed by atoms with Gasteiger partial charge in [0.25, 0.3) is 0 Å². The van der Waals surface area contributed by atoms with Crippen LogP contribution < -0.4 is 0 Å². The Hall–Kier alpha value is -0.280. The van der Waals surface area contributed by atoms with E-state index in [1.165, 1.54) is 0 Å². The molecule has 0 fully saturated rings. The summed E-state index contributed by atoms with van der Waals surface area (Å²) in [6.45, 7) is 0.0000617. The lowest BCUT2D eigenvalue weighted by molar-refractivity contribution is 0.284. The number of halogens is 2. The van der Waals surface area contributed by atoms with Gasteiger partial charge in [-0.3, -0.25) is 0 Å². The number of aliphatic hydroxyl groups excluding tert-OH is 1. The van der Waals surface area contributed by atoms with Gasteiger partial charge in [0, 0.05) is 10.1 Å². The van der Waals surface area contributed by atoms with Crippen LogP contribution in [-0.2, 0) is 6.61 Å². The third-order valence-corrected chi connectivity index (χ3v) is 3.68. The number of aliphatic hydroxyl groups is 1. The minimum absolute atomic E-state index is 0.0000617. The van der Waals surface area contributed by atoms with Crippen molar-refractivity contribution >= 4 is 44.6 Å². The van der Waals surface area contributed by atoms with Gasteiger partial charge in [0.05, 0.1) is 16.7 Å². The second kappa shape index (κ2) is 3.46. The van der Waals surface area contributed by atoms with E-state index in [0.717, 1.165) is 15.6 Å². The van der Waals surface area contributed by atoms with E-state index in [0.29, 0.717) is 10.0 Å². The highest BCUT2D eigenvalue weighted by Crippen LogP contribution is 2.36. The summed E-state index contributed by atoms with van der Waals surface area (Å²) in [5.41, 5.74) is 0.840. The summed E-state index contributed by atoms with van der Waals surface area (Å²) < 4.78 is 1.05. The van der Waals surface area contributed by atoms with E-state index < -0.39 is 0 Å². The zero-order chi connectivity index (χ0) is 9.42. The van der Waals surface area contributed by atoms with Crippen LogP contribution in [0.3, 0.4) is 0 Å². The SMILES string of the molecule is OCc1csc2ccc(Cl)c(Cl)c12. The molecule has 0 saturated carbocycles. The average molecular weight is 233 g/mol. The van der Waals surface area contributed by atoms with Gasteiger partial charge in [0.1, 0.15) is 0 Å². The van der Waals surface area contributed by atoms with E-state index in [1.807, 2.05) is 11.4 Å². The molecular formula is C9H6Cl2OS. The second-order valence-corrected chi connectivity index (χ2v) is 4.35. The van der Waals surface area contributed by atoms with E-state index >= 15 is 0 Å². The van der Waals surface area contributed by atoms with E-state index in [9.17, 15) is 0 Å². The van der Waals surface area contributed by atoms with Crippen molar-refractivity contribution in [3.05, 3.63) is 33.1 Å². The highest BCUT2D eigenvalue weighted by Gasteiger charge is 2.09. The maximum Gasteiger partial charge on any atom is 0.0696 e. The number of fused-ring (bicyclic) bond motifs is 1. The Morgan fingerprint density at radius 1 is 1.31 bits per heavy atom. The van der Waals surface area contributed by atoms with E-state index in [2.05, 4.69) is 0 Å². The maximum atomic E-state index is 9.04. The van der Waals surface area contributed by atoms with E-state index in [1.54, 1.807) is 17.4 Å². The lowest BCUT2D eigenvalue weighted by Gasteiger charge is -1.99.